The smallest absolute Gasteiger partial charge is 0.190 e. The number of hydrogen-bond donors (Lipinski definition) is 2. The molecule has 164 valence electrons. The summed E-state index contributed by atoms with van der Waals surface area (Å²) >= 11 is 0. The summed E-state index contributed by atoms with van der Waals surface area (Å²) in [6, 6.07) is 13.9. The third kappa shape index (κ3) is 7.83. The van der Waals surface area contributed by atoms with Crippen molar-refractivity contribution in [2.24, 2.45) is 4.99 Å². The first-order valence-electron chi connectivity index (χ1n) is 10.1. The highest BCUT2D eigenvalue weighted by Gasteiger charge is 2.05. The van der Waals surface area contributed by atoms with E-state index < -0.39 is 0 Å². The molecule has 0 atom stereocenters. The number of ether oxygens (including phenoxy) is 4. The van der Waals surface area contributed by atoms with Crippen molar-refractivity contribution >= 4 is 5.96 Å². The molecule has 7 heteroatoms. The summed E-state index contributed by atoms with van der Waals surface area (Å²) in [7, 11) is 6.72. The van der Waals surface area contributed by atoms with Crippen LogP contribution in [-0.4, -0.2) is 54.0 Å². The first-order chi connectivity index (χ1) is 14.7. The maximum atomic E-state index is 5.73. The third-order valence-corrected chi connectivity index (χ3v) is 4.56. The van der Waals surface area contributed by atoms with Crippen molar-refractivity contribution in [3.05, 3.63) is 53.6 Å². The fourth-order valence-electron chi connectivity index (χ4n) is 2.87. The molecule has 30 heavy (non-hydrogen) atoms. The molecule has 2 rings (SSSR count). The summed E-state index contributed by atoms with van der Waals surface area (Å²) in [5.41, 5.74) is 2.30. The van der Waals surface area contributed by atoms with E-state index in [1.165, 1.54) is 5.56 Å². The van der Waals surface area contributed by atoms with Crippen molar-refractivity contribution in [3.63, 3.8) is 0 Å². The van der Waals surface area contributed by atoms with Crippen LogP contribution in [-0.2, 0) is 17.8 Å². The Morgan fingerprint density at radius 1 is 0.833 bits per heavy atom. The second kappa shape index (κ2) is 13.3. The number of nitrogens with one attached hydrogen (secondary N) is 2. The minimum Gasteiger partial charge on any atom is -0.497 e. The van der Waals surface area contributed by atoms with E-state index in [1.54, 1.807) is 28.4 Å². The molecule has 7 nitrogen and oxygen atoms in total. The molecule has 0 heterocycles. The van der Waals surface area contributed by atoms with E-state index in [4.69, 9.17) is 18.9 Å². The standard InChI is InChI=1S/C23H33N3O4/c1-24-23(26-14-12-18-8-11-21(28-3)22(16-18)29-4)25-13-5-15-30-17-19-6-9-20(27-2)10-7-19/h6-11,16H,5,12-15,17H2,1-4H3,(H2,24,25,26). The maximum absolute atomic E-state index is 5.73. The minimum atomic E-state index is 0.599. The van der Waals surface area contributed by atoms with E-state index in [0.717, 1.165) is 54.7 Å². The quantitative estimate of drug-likeness (QED) is 0.315. The summed E-state index contributed by atoms with van der Waals surface area (Å²) in [6.07, 6.45) is 1.75. The van der Waals surface area contributed by atoms with Gasteiger partial charge in [-0.1, -0.05) is 18.2 Å². The zero-order chi connectivity index (χ0) is 21.6. The van der Waals surface area contributed by atoms with E-state index >= 15 is 0 Å². The fraction of sp³-hybridized carbons (Fsp3) is 0.435. The highest BCUT2D eigenvalue weighted by molar-refractivity contribution is 5.79. The van der Waals surface area contributed by atoms with E-state index in [-0.39, 0.29) is 0 Å². The van der Waals surface area contributed by atoms with Crippen LogP contribution in [0.2, 0.25) is 0 Å². The predicted molar refractivity (Wildman–Crippen MR) is 120 cm³/mol. The van der Waals surface area contributed by atoms with Gasteiger partial charge in [-0.15, -0.1) is 0 Å². The molecular weight excluding hydrogens is 382 g/mol. The van der Waals surface area contributed by atoms with Gasteiger partial charge in [0.25, 0.3) is 0 Å². The second-order valence-corrected chi connectivity index (χ2v) is 6.62. The van der Waals surface area contributed by atoms with Gasteiger partial charge in [0, 0.05) is 26.7 Å². The molecular formula is C23H33N3O4. The molecule has 0 amide bonds. The molecule has 2 N–H and O–H groups in total. The Bertz CT molecular complexity index is 779. The largest absolute Gasteiger partial charge is 0.497 e. The number of nitrogens with zero attached hydrogens (tertiary/aromatic N) is 1. The number of aliphatic imine (C=N–C) groups is 1. The Kier molecular flexibility index (Phi) is 10.4. The number of guanidine groups is 1. The van der Waals surface area contributed by atoms with Crippen molar-refractivity contribution in [1.29, 1.82) is 0 Å². The highest BCUT2D eigenvalue weighted by Crippen LogP contribution is 2.27. The SMILES string of the molecule is CN=C(NCCCOCc1ccc(OC)cc1)NCCc1ccc(OC)c(OC)c1. The van der Waals surface area contributed by atoms with Crippen LogP contribution >= 0.6 is 0 Å². The molecule has 0 bridgehead atoms. The lowest BCUT2D eigenvalue weighted by atomic mass is 10.1. The van der Waals surface area contributed by atoms with E-state index in [2.05, 4.69) is 15.6 Å². The molecule has 0 unspecified atom stereocenters. The van der Waals surface area contributed by atoms with Gasteiger partial charge in [0.1, 0.15) is 5.75 Å². The molecule has 0 spiro atoms. The van der Waals surface area contributed by atoms with Gasteiger partial charge in [-0.3, -0.25) is 4.99 Å². The first kappa shape index (κ1) is 23.3. The van der Waals surface area contributed by atoms with Gasteiger partial charge in [0.05, 0.1) is 27.9 Å². The Morgan fingerprint density at radius 2 is 1.53 bits per heavy atom. The Balaban J connectivity index is 1.60. The van der Waals surface area contributed by atoms with Crippen LogP contribution in [0.1, 0.15) is 17.5 Å². The molecule has 0 fully saturated rings. The molecule has 0 saturated heterocycles. The van der Waals surface area contributed by atoms with Crippen LogP contribution in [0.15, 0.2) is 47.5 Å². The van der Waals surface area contributed by atoms with Gasteiger partial charge >= 0.3 is 0 Å². The predicted octanol–water partition coefficient (Wildman–Crippen LogP) is 3.03. The number of hydrogen-bond acceptors (Lipinski definition) is 5. The molecule has 2 aromatic rings. The Morgan fingerprint density at radius 3 is 2.20 bits per heavy atom. The van der Waals surface area contributed by atoms with Crippen molar-refractivity contribution in [2.45, 2.75) is 19.4 Å². The van der Waals surface area contributed by atoms with E-state index in [1.807, 2.05) is 42.5 Å². The summed E-state index contributed by atoms with van der Waals surface area (Å²) in [4.78, 5) is 4.26. The number of benzene rings is 2. The van der Waals surface area contributed by atoms with Crippen molar-refractivity contribution < 1.29 is 18.9 Å². The van der Waals surface area contributed by atoms with Crippen molar-refractivity contribution in [2.75, 3.05) is 48.1 Å². The Labute approximate surface area is 179 Å². The number of methoxy groups -OCH3 is 3. The minimum absolute atomic E-state index is 0.599. The van der Waals surface area contributed by atoms with Gasteiger partial charge in [-0.05, 0) is 48.2 Å². The summed E-state index contributed by atoms with van der Waals surface area (Å²) in [5, 5.41) is 6.63. The van der Waals surface area contributed by atoms with Gasteiger partial charge in [-0.25, -0.2) is 0 Å². The van der Waals surface area contributed by atoms with Gasteiger partial charge < -0.3 is 29.6 Å². The molecule has 0 aliphatic heterocycles. The lowest BCUT2D eigenvalue weighted by Gasteiger charge is -2.13. The monoisotopic (exact) mass is 415 g/mol. The summed E-state index contributed by atoms with van der Waals surface area (Å²) in [5.74, 6) is 3.12. The zero-order valence-electron chi connectivity index (χ0n) is 18.4. The number of rotatable bonds is 12. The van der Waals surface area contributed by atoms with Crippen molar-refractivity contribution in [3.8, 4) is 17.2 Å². The van der Waals surface area contributed by atoms with Crippen LogP contribution in [0.5, 0.6) is 17.2 Å². The lowest BCUT2D eigenvalue weighted by Crippen LogP contribution is -2.39. The average Bonchev–Trinajstić information content (AvgIpc) is 2.80. The average molecular weight is 416 g/mol. The topological polar surface area (TPSA) is 73.3 Å². The van der Waals surface area contributed by atoms with E-state index in [0.29, 0.717) is 13.2 Å². The van der Waals surface area contributed by atoms with Crippen LogP contribution < -0.4 is 24.8 Å². The summed E-state index contributed by atoms with van der Waals surface area (Å²) < 4.78 is 21.5. The van der Waals surface area contributed by atoms with Crippen LogP contribution in [0, 0.1) is 0 Å². The second-order valence-electron chi connectivity index (χ2n) is 6.62. The normalized spacial score (nSPS) is 11.1. The van der Waals surface area contributed by atoms with Gasteiger partial charge in [-0.2, -0.15) is 0 Å². The highest BCUT2D eigenvalue weighted by atomic mass is 16.5. The molecule has 0 aromatic heterocycles. The molecule has 0 aliphatic carbocycles. The molecule has 0 aliphatic rings. The molecule has 0 saturated carbocycles. The molecule has 2 aromatic carbocycles. The van der Waals surface area contributed by atoms with Crippen LogP contribution in [0.4, 0.5) is 0 Å². The Hall–Kier alpha value is -2.93. The maximum Gasteiger partial charge on any atom is 0.190 e. The van der Waals surface area contributed by atoms with Crippen LogP contribution in [0.3, 0.4) is 0 Å². The fourth-order valence-corrected chi connectivity index (χ4v) is 2.87. The zero-order valence-corrected chi connectivity index (χ0v) is 18.4. The first-order valence-corrected chi connectivity index (χ1v) is 10.1. The van der Waals surface area contributed by atoms with Crippen LogP contribution in [0.25, 0.3) is 0 Å². The summed E-state index contributed by atoms with van der Waals surface area (Å²) in [6.45, 7) is 2.84. The van der Waals surface area contributed by atoms with Gasteiger partial charge in [0.2, 0.25) is 0 Å². The van der Waals surface area contributed by atoms with Crippen molar-refractivity contribution in [1.82, 2.24) is 10.6 Å². The molecule has 0 radical (unpaired) electrons. The van der Waals surface area contributed by atoms with Gasteiger partial charge in [0.15, 0.2) is 17.5 Å². The lowest BCUT2D eigenvalue weighted by molar-refractivity contribution is 0.119. The third-order valence-electron chi connectivity index (χ3n) is 4.56. The van der Waals surface area contributed by atoms with E-state index in [9.17, 15) is 0 Å².